The Morgan fingerprint density at radius 1 is 1.00 bits per heavy atom. The van der Waals surface area contributed by atoms with E-state index in [4.69, 9.17) is 9.97 Å². The summed E-state index contributed by atoms with van der Waals surface area (Å²) in [5.41, 5.74) is 6.51. The van der Waals surface area contributed by atoms with Crippen molar-refractivity contribution in [1.29, 1.82) is 0 Å². The Balaban J connectivity index is 0.00000231. The van der Waals surface area contributed by atoms with Crippen LogP contribution < -0.4 is 5.43 Å². The van der Waals surface area contributed by atoms with E-state index in [1.165, 1.54) is 34.3 Å². The lowest BCUT2D eigenvalue weighted by atomic mass is 10.0. The minimum absolute atomic E-state index is 0. The Bertz CT molecular complexity index is 1330. The van der Waals surface area contributed by atoms with Gasteiger partial charge in [-0.3, -0.25) is 15.0 Å². The number of nitrogens with one attached hydrogen (secondary N) is 1. The van der Waals surface area contributed by atoms with Gasteiger partial charge in [0.15, 0.2) is 11.6 Å². The fourth-order valence-corrected chi connectivity index (χ4v) is 4.89. The molecule has 1 aliphatic heterocycles. The van der Waals surface area contributed by atoms with Crippen molar-refractivity contribution in [1.82, 2.24) is 15.0 Å². The molecule has 0 atom stereocenters. The monoisotopic (exact) mass is 468 g/mol. The number of carbonyl (C=O) groups excluding carboxylic acids is 2. The highest BCUT2D eigenvalue weighted by Crippen LogP contribution is 2.39. The lowest BCUT2D eigenvalue weighted by Crippen LogP contribution is -2.36. The van der Waals surface area contributed by atoms with Gasteiger partial charge in [0.25, 0.3) is 11.8 Å². The minimum atomic E-state index is -0.408. The van der Waals surface area contributed by atoms with Gasteiger partial charge >= 0.3 is 0 Å². The van der Waals surface area contributed by atoms with Crippen molar-refractivity contribution in [3.05, 3.63) is 64.4 Å². The molecule has 5 rings (SSSR count). The quantitative estimate of drug-likeness (QED) is 0.402. The molecule has 4 aromatic rings. The number of rotatable bonds is 4. The average molecular weight is 469 g/mol. The fraction of sp³-hybridized carbons (Fsp3) is 0.0909. The van der Waals surface area contributed by atoms with Crippen LogP contribution >= 0.6 is 35.1 Å². The first-order chi connectivity index (χ1) is 14.5. The van der Waals surface area contributed by atoms with E-state index in [9.17, 15) is 9.59 Å². The van der Waals surface area contributed by atoms with Gasteiger partial charge in [-0.2, -0.15) is 5.01 Å². The zero-order valence-corrected chi connectivity index (χ0v) is 19.0. The summed E-state index contributed by atoms with van der Waals surface area (Å²) in [5, 5.41) is 5.79. The van der Waals surface area contributed by atoms with Crippen LogP contribution in [0, 0.1) is 6.92 Å². The number of halogens is 1. The summed E-state index contributed by atoms with van der Waals surface area (Å²) < 4.78 is 0. The Hall–Kier alpha value is -3.07. The zero-order chi connectivity index (χ0) is 20.8. The lowest BCUT2D eigenvalue weighted by Gasteiger charge is -2.18. The van der Waals surface area contributed by atoms with Crippen molar-refractivity contribution in [2.24, 2.45) is 0 Å². The normalized spacial score (nSPS) is 13.5. The highest BCUT2D eigenvalue weighted by molar-refractivity contribution is 7.17. The highest BCUT2D eigenvalue weighted by atomic mass is 35.5. The SMILES string of the molecule is CC1=CC(=O)N(Nc2nc(-c3cccs3)nc3scc(-c4ccc(C)cc4)c23)C1=O.Cl. The molecule has 0 bridgehead atoms. The predicted molar refractivity (Wildman–Crippen MR) is 127 cm³/mol. The molecule has 1 aliphatic rings. The number of aromatic nitrogens is 2. The fourth-order valence-electron chi connectivity index (χ4n) is 3.28. The second-order valence-corrected chi connectivity index (χ2v) is 8.79. The standard InChI is InChI=1S/C22H16N4O2S2.ClH/c1-12-5-7-14(8-6-12)15-11-30-21-18(15)20(23-19(24-21)16-4-3-9-29-16)25-26-17(27)10-13(2)22(26)28;/h3-11H,1-2H3,(H,23,24,25);1H. The predicted octanol–water partition coefficient (Wildman–Crippen LogP) is 5.46. The smallest absolute Gasteiger partial charge is 0.271 e. The summed E-state index contributed by atoms with van der Waals surface area (Å²) in [6, 6.07) is 12.1. The second kappa shape index (κ2) is 8.22. The zero-order valence-electron chi connectivity index (χ0n) is 16.6. The molecule has 4 heterocycles. The number of aryl methyl sites for hydroxylation is 1. The molecular weight excluding hydrogens is 452 g/mol. The van der Waals surface area contributed by atoms with Crippen LogP contribution in [0.3, 0.4) is 0 Å². The molecule has 1 aromatic carbocycles. The van der Waals surface area contributed by atoms with Crippen LogP contribution in [-0.4, -0.2) is 26.8 Å². The topological polar surface area (TPSA) is 75.2 Å². The molecule has 0 radical (unpaired) electrons. The maximum absolute atomic E-state index is 12.4. The number of anilines is 1. The lowest BCUT2D eigenvalue weighted by molar-refractivity contribution is -0.135. The molecule has 0 spiro atoms. The van der Waals surface area contributed by atoms with E-state index in [2.05, 4.69) is 5.43 Å². The number of thiophene rings is 2. The van der Waals surface area contributed by atoms with Crippen molar-refractivity contribution in [2.75, 3.05) is 5.43 Å². The number of benzene rings is 1. The van der Waals surface area contributed by atoms with E-state index in [0.29, 0.717) is 17.2 Å². The molecule has 1 N–H and O–H groups in total. The van der Waals surface area contributed by atoms with Crippen molar-refractivity contribution >= 4 is 62.9 Å². The van der Waals surface area contributed by atoms with E-state index in [-0.39, 0.29) is 18.3 Å². The average Bonchev–Trinajstić information content (AvgIpc) is 3.46. The Labute approximate surface area is 192 Å². The van der Waals surface area contributed by atoms with Crippen molar-refractivity contribution in [3.8, 4) is 21.8 Å². The molecule has 31 heavy (non-hydrogen) atoms. The number of fused-ring (bicyclic) bond motifs is 1. The van der Waals surface area contributed by atoms with Gasteiger partial charge in [0.2, 0.25) is 0 Å². The summed E-state index contributed by atoms with van der Waals surface area (Å²) in [6.45, 7) is 3.66. The molecule has 9 heteroatoms. The van der Waals surface area contributed by atoms with E-state index in [1.54, 1.807) is 6.92 Å². The van der Waals surface area contributed by atoms with Crippen LogP contribution in [-0.2, 0) is 9.59 Å². The van der Waals surface area contributed by atoms with Gasteiger partial charge in [-0.15, -0.1) is 35.1 Å². The van der Waals surface area contributed by atoms with Crippen LogP contribution in [0.5, 0.6) is 0 Å². The number of hydrazine groups is 1. The maximum atomic E-state index is 12.4. The number of hydrogen-bond acceptors (Lipinski definition) is 7. The van der Waals surface area contributed by atoms with Gasteiger partial charge < -0.3 is 0 Å². The van der Waals surface area contributed by atoms with Crippen molar-refractivity contribution < 1.29 is 9.59 Å². The molecule has 0 saturated carbocycles. The molecule has 0 saturated heterocycles. The van der Waals surface area contributed by atoms with E-state index in [0.717, 1.165) is 31.2 Å². The largest absolute Gasteiger partial charge is 0.275 e. The first kappa shape index (κ1) is 21.2. The summed E-state index contributed by atoms with van der Waals surface area (Å²) in [5.74, 6) is 0.205. The molecule has 3 aromatic heterocycles. The van der Waals surface area contributed by atoms with Crippen LogP contribution in [0.4, 0.5) is 5.82 Å². The van der Waals surface area contributed by atoms with Crippen LogP contribution in [0.2, 0.25) is 0 Å². The summed E-state index contributed by atoms with van der Waals surface area (Å²) in [7, 11) is 0. The molecule has 0 fully saturated rings. The highest BCUT2D eigenvalue weighted by Gasteiger charge is 2.30. The molecule has 0 aliphatic carbocycles. The number of hydrogen-bond donors (Lipinski definition) is 1. The van der Waals surface area contributed by atoms with Crippen LogP contribution in [0.1, 0.15) is 12.5 Å². The molecular formula is C22H17ClN4O2S2. The third kappa shape index (κ3) is 3.74. The maximum Gasteiger partial charge on any atom is 0.275 e. The summed E-state index contributed by atoms with van der Waals surface area (Å²) >= 11 is 3.05. The van der Waals surface area contributed by atoms with E-state index < -0.39 is 5.91 Å². The summed E-state index contributed by atoms with van der Waals surface area (Å²) in [6.07, 6.45) is 1.32. The molecule has 156 valence electrons. The third-order valence-electron chi connectivity index (χ3n) is 4.86. The molecule has 2 amide bonds. The number of nitrogens with zero attached hydrogens (tertiary/aromatic N) is 3. The summed E-state index contributed by atoms with van der Waals surface area (Å²) in [4.78, 5) is 35.9. The van der Waals surface area contributed by atoms with Gasteiger partial charge in [-0.25, -0.2) is 9.97 Å². The van der Waals surface area contributed by atoms with Crippen LogP contribution in [0.25, 0.3) is 32.0 Å². The van der Waals surface area contributed by atoms with Crippen LogP contribution in [0.15, 0.2) is 58.8 Å². The van der Waals surface area contributed by atoms with E-state index in [1.807, 2.05) is 54.1 Å². The Kier molecular flexibility index (Phi) is 5.62. The Morgan fingerprint density at radius 2 is 1.77 bits per heavy atom. The van der Waals surface area contributed by atoms with Gasteiger partial charge in [0, 0.05) is 22.6 Å². The van der Waals surface area contributed by atoms with Crippen molar-refractivity contribution in [3.63, 3.8) is 0 Å². The molecule has 6 nitrogen and oxygen atoms in total. The molecule has 0 unspecified atom stereocenters. The first-order valence-corrected chi connectivity index (χ1v) is 11.0. The number of amides is 2. The first-order valence-electron chi connectivity index (χ1n) is 9.25. The second-order valence-electron chi connectivity index (χ2n) is 6.99. The van der Waals surface area contributed by atoms with Crippen molar-refractivity contribution in [2.45, 2.75) is 13.8 Å². The number of carbonyl (C=O) groups is 2. The van der Waals surface area contributed by atoms with Gasteiger partial charge in [0.05, 0.1) is 10.3 Å². The third-order valence-corrected chi connectivity index (χ3v) is 6.59. The van der Waals surface area contributed by atoms with Gasteiger partial charge in [0.1, 0.15) is 4.83 Å². The minimum Gasteiger partial charge on any atom is -0.271 e. The van der Waals surface area contributed by atoms with Gasteiger partial charge in [-0.05, 0) is 30.9 Å². The number of imide groups is 1. The van der Waals surface area contributed by atoms with E-state index >= 15 is 0 Å². The Morgan fingerprint density at radius 3 is 2.42 bits per heavy atom. The van der Waals surface area contributed by atoms with Gasteiger partial charge in [-0.1, -0.05) is 35.9 Å².